The number of hydrogen-bond acceptors (Lipinski definition) is 3. The van der Waals surface area contributed by atoms with Crippen molar-refractivity contribution in [1.82, 2.24) is 10.3 Å². The molecule has 0 radical (unpaired) electrons. The molecule has 1 amide bonds. The number of carbonyl (C=O) groups excluding carboxylic acids is 1. The number of benzene rings is 3. The zero-order valence-corrected chi connectivity index (χ0v) is 18.2. The van der Waals surface area contributed by atoms with Crippen LogP contribution in [-0.4, -0.2) is 34.8 Å². The Kier molecular flexibility index (Phi) is 5.34. The molecule has 166 valence electrons. The minimum atomic E-state index is -1.11. The van der Waals surface area contributed by atoms with Crippen LogP contribution in [0.3, 0.4) is 0 Å². The standard InChI is InChI=1S/C27H24N2O4/c1-16-10-11-24-22(12-16)17(14-28-24)13-25(26(30)31)29-27(32)33-15-23-20-8-4-2-6-18(20)19-7-3-5-9-21(19)23/h2-12,14,23,25,28H,13,15H2,1H3,(H,29,32)(H,30,31)/t25-/m1/s1. The number of ether oxygens (including phenoxy) is 1. The second-order valence-corrected chi connectivity index (χ2v) is 8.43. The lowest BCUT2D eigenvalue weighted by Gasteiger charge is -2.17. The van der Waals surface area contributed by atoms with Gasteiger partial charge in [0.15, 0.2) is 0 Å². The molecule has 1 heterocycles. The summed E-state index contributed by atoms with van der Waals surface area (Å²) in [6.07, 6.45) is 1.21. The number of alkyl carbamates (subject to hydrolysis) is 1. The summed E-state index contributed by atoms with van der Waals surface area (Å²) in [6.45, 7) is 2.12. The van der Waals surface area contributed by atoms with Crippen LogP contribution in [0.1, 0.15) is 28.2 Å². The first-order valence-corrected chi connectivity index (χ1v) is 10.9. The van der Waals surface area contributed by atoms with Crippen LogP contribution in [0.4, 0.5) is 4.79 Å². The number of hydrogen-bond donors (Lipinski definition) is 3. The first kappa shape index (κ1) is 20.8. The molecule has 0 saturated carbocycles. The van der Waals surface area contributed by atoms with E-state index in [9.17, 15) is 14.7 Å². The first-order chi connectivity index (χ1) is 16.0. The van der Waals surface area contributed by atoms with E-state index >= 15 is 0 Å². The predicted octanol–water partition coefficient (Wildman–Crippen LogP) is 5.01. The zero-order chi connectivity index (χ0) is 22.9. The third-order valence-electron chi connectivity index (χ3n) is 6.28. The number of carboxylic acids is 1. The molecule has 1 aliphatic rings. The summed E-state index contributed by atoms with van der Waals surface area (Å²) in [5, 5.41) is 13.2. The van der Waals surface area contributed by atoms with Gasteiger partial charge >= 0.3 is 12.1 Å². The number of H-pyrrole nitrogens is 1. The largest absolute Gasteiger partial charge is 0.480 e. The third kappa shape index (κ3) is 3.96. The second kappa shape index (κ2) is 8.47. The molecule has 0 fully saturated rings. The number of nitrogens with one attached hydrogen (secondary N) is 2. The number of aliphatic carboxylic acids is 1. The summed E-state index contributed by atoms with van der Waals surface area (Å²) in [6, 6.07) is 21.0. The summed E-state index contributed by atoms with van der Waals surface area (Å²) in [5.74, 6) is -1.19. The second-order valence-electron chi connectivity index (χ2n) is 8.43. The zero-order valence-electron chi connectivity index (χ0n) is 18.2. The molecule has 1 aromatic heterocycles. The van der Waals surface area contributed by atoms with Gasteiger partial charge in [0.25, 0.3) is 0 Å². The van der Waals surface area contributed by atoms with E-state index in [4.69, 9.17) is 4.74 Å². The van der Waals surface area contributed by atoms with Crippen molar-refractivity contribution < 1.29 is 19.4 Å². The van der Waals surface area contributed by atoms with Crippen LogP contribution in [0.5, 0.6) is 0 Å². The lowest BCUT2D eigenvalue weighted by atomic mass is 9.98. The van der Waals surface area contributed by atoms with Gasteiger partial charge in [-0.2, -0.15) is 0 Å². The van der Waals surface area contributed by atoms with E-state index in [0.29, 0.717) is 0 Å². The molecule has 1 atom stereocenters. The highest BCUT2D eigenvalue weighted by molar-refractivity contribution is 5.86. The van der Waals surface area contributed by atoms with Crippen LogP contribution in [0.25, 0.3) is 22.0 Å². The quantitative estimate of drug-likeness (QED) is 0.393. The van der Waals surface area contributed by atoms with E-state index in [1.807, 2.05) is 61.5 Å². The molecule has 3 N–H and O–H groups in total. The Hall–Kier alpha value is -4.06. The summed E-state index contributed by atoms with van der Waals surface area (Å²) < 4.78 is 5.52. The van der Waals surface area contributed by atoms with Crippen LogP contribution >= 0.6 is 0 Å². The molecule has 5 rings (SSSR count). The maximum absolute atomic E-state index is 12.6. The van der Waals surface area contributed by atoms with Crippen molar-refractivity contribution in [3.8, 4) is 11.1 Å². The molecule has 4 aromatic rings. The summed E-state index contributed by atoms with van der Waals surface area (Å²) in [7, 11) is 0. The monoisotopic (exact) mass is 440 g/mol. The van der Waals surface area contributed by atoms with Crippen molar-refractivity contribution in [2.75, 3.05) is 6.61 Å². The molecular weight excluding hydrogens is 416 g/mol. The molecule has 0 unspecified atom stereocenters. The number of aromatic amines is 1. The third-order valence-corrected chi connectivity index (χ3v) is 6.28. The van der Waals surface area contributed by atoms with E-state index in [1.165, 1.54) is 0 Å². The molecule has 6 heteroatoms. The van der Waals surface area contributed by atoms with Gasteiger partial charge in [0.1, 0.15) is 12.6 Å². The molecule has 0 aliphatic heterocycles. The maximum Gasteiger partial charge on any atom is 0.407 e. The molecule has 3 aromatic carbocycles. The van der Waals surface area contributed by atoms with Gasteiger partial charge in [-0.3, -0.25) is 0 Å². The number of aryl methyl sites for hydroxylation is 1. The Morgan fingerprint density at radius 2 is 1.70 bits per heavy atom. The number of aromatic nitrogens is 1. The summed E-state index contributed by atoms with van der Waals surface area (Å²) >= 11 is 0. The fourth-order valence-electron chi connectivity index (χ4n) is 4.66. The van der Waals surface area contributed by atoms with Crippen LogP contribution in [0, 0.1) is 6.92 Å². The number of carbonyl (C=O) groups is 2. The fourth-order valence-corrected chi connectivity index (χ4v) is 4.66. The van der Waals surface area contributed by atoms with E-state index in [-0.39, 0.29) is 18.9 Å². The minimum absolute atomic E-state index is 0.0805. The molecular formula is C27H24N2O4. The van der Waals surface area contributed by atoms with E-state index in [1.54, 1.807) is 6.20 Å². The lowest BCUT2D eigenvalue weighted by Crippen LogP contribution is -2.42. The average molecular weight is 440 g/mol. The highest BCUT2D eigenvalue weighted by Gasteiger charge is 2.30. The van der Waals surface area contributed by atoms with Crippen molar-refractivity contribution in [2.45, 2.75) is 25.3 Å². The Labute approximate surface area is 191 Å². The number of carboxylic acid groups (broad SMARTS) is 1. The van der Waals surface area contributed by atoms with Gasteiger partial charge in [-0.1, -0.05) is 60.2 Å². The van der Waals surface area contributed by atoms with Crippen LogP contribution in [0.15, 0.2) is 72.9 Å². The van der Waals surface area contributed by atoms with Crippen molar-refractivity contribution in [1.29, 1.82) is 0 Å². The fraction of sp³-hybridized carbons (Fsp3) is 0.185. The van der Waals surface area contributed by atoms with Crippen LogP contribution in [-0.2, 0) is 16.0 Å². The highest BCUT2D eigenvalue weighted by Crippen LogP contribution is 2.44. The number of fused-ring (bicyclic) bond motifs is 4. The number of amides is 1. The van der Waals surface area contributed by atoms with Gasteiger partial charge in [-0.05, 0) is 46.9 Å². The molecule has 0 bridgehead atoms. The molecule has 6 nitrogen and oxygen atoms in total. The molecule has 0 saturated heterocycles. The van der Waals surface area contributed by atoms with Gasteiger partial charge in [0, 0.05) is 29.4 Å². The van der Waals surface area contributed by atoms with Gasteiger partial charge in [0.2, 0.25) is 0 Å². The highest BCUT2D eigenvalue weighted by atomic mass is 16.5. The minimum Gasteiger partial charge on any atom is -0.480 e. The van der Waals surface area contributed by atoms with E-state index in [0.717, 1.165) is 44.3 Å². The van der Waals surface area contributed by atoms with Crippen molar-refractivity contribution in [2.24, 2.45) is 0 Å². The Morgan fingerprint density at radius 3 is 2.36 bits per heavy atom. The molecule has 33 heavy (non-hydrogen) atoms. The molecule has 0 spiro atoms. The van der Waals surface area contributed by atoms with Crippen molar-refractivity contribution in [3.05, 3.63) is 95.2 Å². The lowest BCUT2D eigenvalue weighted by molar-refractivity contribution is -0.139. The Morgan fingerprint density at radius 1 is 1.03 bits per heavy atom. The summed E-state index contributed by atoms with van der Waals surface area (Å²) in [4.78, 5) is 27.6. The maximum atomic E-state index is 12.6. The van der Waals surface area contributed by atoms with Crippen LogP contribution < -0.4 is 5.32 Å². The summed E-state index contributed by atoms with van der Waals surface area (Å²) in [5.41, 5.74) is 7.34. The van der Waals surface area contributed by atoms with Gasteiger partial charge in [-0.15, -0.1) is 0 Å². The topological polar surface area (TPSA) is 91.4 Å². The van der Waals surface area contributed by atoms with Crippen molar-refractivity contribution >= 4 is 23.0 Å². The first-order valence-electron chi connectivity index (χ1n) is 10.9. The smallest absolute Gasteiger partial charge is 0.407 e. The van der Waals surface area contributed by atoms with Gasteiger partial charge in [0.05, 0.1) is 0 Å². The number of rotatable bonds is 6. The van der Waals surface area contributed by atoms with Gasteiger partial charge < -0.3 is 20.1 Å². The van der Waals surface area contributed by atoms with E-state index in [2.05, 4.69) is 22.4 Å². The van der Waals surface area contributed by atoms with Gasteiger partial charge in [-0.25, -0.2) is 9.59 Å². The normalized spacial score (nSPS) is 13.4. The SMILES string of the molecule is Cc1ccc2[nH]cc(C[C@@H](NC(=O)OCC3c4ccccc4-c4ccccc43)C(=O)O)c2c1. The predicted molar refractivity (Wildman–Crippen MR) is 126 cm³/mol. The molecule has 1 aliphatic carbocycles. The average Bonchev–Trinajstić information content (AvgIpc) is 3.35. The van der Waals surface area contributed by atoms with Crippen molar-refractivity contribution in [3.63, 3.8) is 0 Å². The van der Waals surface area contributed by atoms with Crippen LogP contribution in [0.2, 0.25) is 0 Å². The Bertz CT molecular complexity index is 1310. The Balaban J connectivity index is 1.29. The van der Waals surface area contributed by atoms with E-state index < -0.39 is 18.1 Å².